The molecule has 3 rings (SSSR count). The van der Waals surface area contributed by atoms with Crippen LogP contribution in [0.15, 0.2) is 6.07 Å². The van der Waals surface area contributed by atoms with Gasteiger partial charge in [0.25, 0.3) is 5.91 Å². The summed E-state index contributed by atoms with van der Waals surface area (Å²) in [6, 6.07) is 1.92. The summed E-state index contributed by atoms with van der Waals surface area (Å²) < 4.78 is 7.31. The van der Waals surface area contributed by atoms with E-state index >= 15 is 0 Å². The number of carbonyl (C=O) groups is 2. The minimum absolute atomic E-state index is 0.0654. The zero-order valence-electron chi connectivity index (χ0n) is 17.9. The summed E-state index contributed by atoms with van der Waals surface area (Å²) in [5.41, 5.74) is 1.36. The second-order valence-corrected chi connectivity index (χ2v) is 9.22. The third-order valence-corrected chi connectivity index (χ3v) is 5.56. The fraction of sp³-hybridized carbons (Fsp3) is 0.762. The van der Waals surface area contributed by atoms with Crippen molar-refractivity contribution in [1.82, 2.24) is 19.6 Å². The number of amides is 2. The monoisotopic (exact) mass is 390 g/mol. The SMILES string of the molecule is CC(C)c1cc(C(=O)N2CCCC(C(=O)N3CCOCC3)C2)nn1C(C)(C)C. The Kier molecular flexibility index (Phi) is 6.12. The number of piperidine rings is 1. The predicted octanol–water partition coefficient (Wildman–Crippen LogP) is 2.47. The number of aromatic nitrogens is 2. The molecule has 1 unspecified atom stereocenters. The third-order valence-electron chi connectivity index (χ3n) is 5.56. The summed E-state index contributed by atoms with van der Waals surface area (Å²) in [7, 11) is 0. The molecule has 0 bridgehead atoms. The molecule has 0 aromatic carbocycles. The molecule has 2 aliphatic heterocycles. The minimum atomic E-state index is -0.186. The van der Waals surface area contributed by atoms with Crippen molar-refractivity contribution >= 4 is 11.8 Å². The number of likely N-dealkylation sites (tertiary alicyclic amines) is 1. The lowest BCUT2D eigenvalue weighted by molar-refractivity contribution is -0.141. The van der Waals surface area contributed by atoms with Crippen LogP contribution in [0.1, 0.15) is 69.6 Å². The molecular weight excluding hydrogens is 356 g/mol. The number of hydrogen-bond donors (Lipinski definition) is 0. The summed E-state index contributed by atoms with van der Waals surface area (Å²) in [6.45, 7) is 14.2. The van der Waals surface area contributed by atoms with E-state index in [0.717, 1.165) is 18.5 Å². The lowest BCUT2D eigenvalue weighted by atomic mass is 9.96. The molecule has 0 N–H and O–H groups in total. The number of carbonyl (C=O) groups excluding carboxylic acids is 2. The summed E-state index contributed by atoms with van der Waals surface area (Å²) >= 11 is 0. The maximum atomic E-state index is 13.2. The fourth-order valence-electron chi connectivity index (χ4n) is 4.02. The second-order valence-electron chi connectivity index (χ2n) is 9.22. The van der Waals surface area contributed by atoms with Gasteiger partial charge in [0.15, 0.2) is 5.69 Å². The first-order chi connectivity index (χ1) is 13.2. The number of ether oxygens (including phenoxy) is 1. The van der Waals surface area contributed by atoms with Gasteiger partial charge in [-0.25, -0.2) is 0 Å². The van der Waals surface area contributed by atoms with Crippen LogP contribution in [0.2, 0.25) is 0 Å². The molecule has 3 heterocycles. The quantitative estimate of drug-likeness (QED) is 0.795. The molecule has 2 aliphatic rings. The molecule has 0 aliphatic carbocycles. The maximum Gasteiger partial charge on any atom is 0.274 e. The van der Waals surface area contributed by atoms with Crippen molar-refractivity contribution in [2.45, 2.75) is 58.9 Å². The molecule has 0 saturated carbocycles. The molecule has 2 saturated heterocycles. The summed E-state index contributed by atoms with van der Waals surface area (Å²) in [6.07, 6.45) is 1.69. The highest BCUT2D eigenvalue weighted by molar-refractivity contribution is 5.93. The van der Waals surface area contributed by atoms with Crippen molar-refractivity contribution in [3.05, 3.63) is 17.5 Å². The Balaban J connectivity index is 1.74. The molecule has 1 atom stereocenters. The normalized spacial score (nSPS) is 21.3. The van der Waals surface area contributed by atoms with Crippen LogP contribution < -0.4 is 0 Å². The number of rotatable bonds is 3. The molecule has 7 heteroatoms. The van der Waals surface area contributed by atoms with Crippen molar-refractivity contribution in [2.24, 2.45) is 5.92 Å². The first-order valence-electron chi connectivity index (χ1n) is 10.4. The Morgan fingerprint density at radius 1 is 1.14 bits per heavy atom. The van der Waals surface area contributed by atoms with Crippen molar-refractivity contribution < 1.29 is 14.3 Å². The molecule has 2 fully saturated rings. The number of hydrogen-bond acceptors (Lipinski definition) is 4. The van der Waals surface area contributed by atoms with Gasteiger partial charge in [-0.15, -0.1) is 0 Å². The topological polar surface area (TPSA) is 67.7 Å². The molecule has 1 aromatic rings. The van der Waals surface area contributed by atoms with Gasteiger partial charge in [-0.2, -0.15) is 5.10 Å². The lowest BCUT2D eigenvalue weighted by Gasteiger charge is -2.36. The van der Waals surface area contributed by atoms with Gasteiger partial charge in [-0.3, -0.25) is 14.3 Å². The molecule has 156 valence electrons. The van der Waals surface area contributed by atoms with E-state index < -0.39 is 0 Å². The van der Waals surface area contributed by atoms with Gasteiger partial charge in [0.1, 0.15) is 0 Å². The van der Waals surface area contributed by atoms with E-state index in [1.807, 2.05) is 20.5 Å². The highest BCUT2D eigenvalue weighted by atomic mass is 16.5. The van der Waals surface area contributed by atoms with E-state index in [1.165, 1.54) is 0 Å². The van der Waals surface area contributed by atoms with Gasteiger partial charge in [-0.1, -0.05) is 13.8 Å². The Bertz CT molecular complexity index is 714. The Hall–Kier alpha value is -1.89. The number of nitrogens with zero attached hydrogens (tertiary/aromatic N) is 4. The van der Waals surface area contributed by atoms with Gasteiger partial charge in [0.05, 0.1) is 24.7 Å². The first-order valence-corrected chi connectivity index (χ1v) is 10.4. The average molecular weight is 391 g/mol. The highest BCUT2D eigenvalue weighted by Crippen LogP contribution is 2.26. The van der Waals surface area contributed by atoms with E-state index in [-0.39, 0.29) is 29.2 Å². The van der Waals surface area contributed by atoms with E-state index in [4.69, 9.17) is 4.74 Å². The maximum absolute atomic E-state index is 13.2. The van der Waals surface area contributed by atoms with Crippen LogP contribution in [-0.4, -0.2) is 70.8 Å². The zero-order valence-corrected chi connectivity index (χ0v) is 17.9. The minimum Gasteiger partial charge on any atom is -0.378 e. The predicted molar refractivity (Wildman–Crippen MR) is 107 cm³/mol. The Labute approximate surface area is 168 Å². The van der Waals surface area contributed by atoms with Crippen LogP contribution in [-0.2, 0) is 15.1 Å². The molecule has 28 heavy (non-hydrogen) atoms. The molecular formula is C21H34N4O3. The Morgan fingerprint density at radius 2 is 1.82 bits per heavy atom. The van der Waals surface area contributed by atoms with Gasteiger partial charge in [0.2, 0.25) is 5.91 Å². The van der Waals surface area contributed by atoms with Crippen LogP contribution in [0.5, 0.6) is 0 Å². The van der Waals surface area contributed by atoms with Crippen LogP contribution in [0.4, 0.5) is 0 Å². The molecule has 0 spiro atoms. The molecule has 2 amide bonds. The first kappa shape index (κ1) is 20.8. The van der Waals surface area contributed by atoms with Crippen LogP contribution >= 0.6 is 0 Å². The van der Waals surface area contributed by atoms with Crippen molar-refractivity contribution in [3.8, 4) is 0 Å². The van der Waals surface area contributed by atoms with Gasteiger partial charge in [-0.05, 0) is 45.6 Å². The van der Waals surface area contributed by atoms with Crippen LogP contribution in [0, 0.1) is 5.92 Å². The molecule has 1 aromatic heterocycles. The van der Waals surface area contributed by atoms with E-state index in [2.05, 4.69) is 39.7 Å². The second kappa shape index (κ2) is 8.23. The molecule has 7 nitrogen and oxygen atoms in total. The van der Waals surface area contributed by atoms with E-state index in [0.29, 0.717) is 45.1 Å². The van der Waals surface area contributed by atoms with Crippen molar-refractivity contribution in [1.29, 1.82) is 0 Å². The lowest BCUT2D eigenvalue weighted by Crippen LogP contribution is -2.49. The van der Waals surface area contributed by atoms with Crippen molar-refractivity contribution in [2.75, 3.05) is 39.4 Å². The van der Waals surface area contributed by atoms with Crippen LogP contribution in [0.3, 0.4) is 0 Å². The zero-order chi connectivity index (χ0) is 20.5. The standard InChI is InChI=1S/C21H34N4O3/c1-15(2)18-13-17(22-25(18)21(3,4)5)20(27)24-8-6-7-16(14-24)19(26)23-9-11-28-12-10-23/h13,15-16H,6-12,14H2,1-5H3. The smallest absolute Gasteiger partial charge is 0.274 e. The third kappa shape index (κ3) is 4.40. The van der Waals surface area contributed by atoms with Gasteiger partial charge in [0, 0.05) is 31.9 Å². The van der Waals surface area contributed by atoms with E-state index in [1.54, 1.807) is 0 Å². The summed E-state index contributed by atoms with van der Waals surface area (Å²) in [5, 5.41) is 4.65. The van der Waals surface area contributed by atoms with Gasteiger partial charge < -0.3 is 14.5 Å². The largest absolute Gasteiger partial charge is 0.378 e. The van der Waals surface area contributed by atoms with Crippen LogP contribution in [0.25, 0.3) is 0 Å². The van der Waals surface area contributed by atoms with Gasteiger partial charge >= 0.3 is 0 Å². The summed E-state index contributed by atoms with van der Waals surface area (Å²) in [4.78, 5) is 29.7. The average Bonchev–Trinajstić information content (AvgIpc) is 3.14. The van der Waals surface area contributed by atoms with Crippen molar-refractivity contribution in [3.63, 3.8) is 0 Å². The van der Waals surface area contributed by atoms with E-state index in [9.17, 15) is 9.59 Å². The summed E-state index contributed by atoms with van der Waals surface area (Å²) in [5.74, 6) is 0.253. The Morgan fingerprint density at radius 3 is 2.39 bits per heavy atom. The highest BCUT2D eigenvalue weighted by Gasteiger charge is 2.33. The molecule has 0 radical (unpaired) electrons. The number of morpholine rings is 1. The fourth-order valence-corrected chi connectivity index (χ4v) is 4.02.